The fraction of sp³-hybridized carbons (Fsp3) is 0.429. The Kier molecular flexibility index (Phi) is 8.02. The molecule has 16 nitrogen and oxygen atoms in total. The number of pyridine rings is 2. The fourth-order valence-electron chi connectivity index (χ4n) is 3.08. The predicted molar refractivity (Wildman–Crippen MR) is 106 cm³/mol. The molecule has 3 unspecified atom stereocenters. The number of halogens is 3. The number of fused-ring (bicyclic) bond motifs is 1. The Bertz CT molecular complexity index is 1300. The van der Waals surface area contributed by atoms with Crippen LogP contribution in [0.4, 0.5) is 13.2 Å². The summed E-state index contributed by atoms with van der Waals surface area (Å²) in [4.78, 5) is 53.4. The number of ether oxygens (including phenoxy) is 1. The molecule has 0 bridgehead atoms. The number of hydrogen-bond donors (Lipinski definition) is 7. The molecule has 7 N–H and O–H groups in total. The number of hydrogen-bond acceptors (Lipinski definition) is 11. The molecule has 6 atom stereocenters. The SMILES string of the molecule is O=c1nc2[nH]c(C(F)(F)F)ccc-2cc1[C@@H]1O[C@H](COP(=O)(O)OP(=O)(O)OP(=O)(O)O)[C@H](O)C1O. The lowest BCUT2D eigenvalue weighted by Crippen LogP contribution is -2.33. The van der Waals surface area contributed by atoms with Crippen LogP contribution >= 0.6 is 23.5 Å². The minimum atomic E-state index is -5.81. The van der Waals surface area contributed by atoms with Gasteiger partial charge in [-0.25, -0.2) is 13.7 Å². The highest BCUT2D eigenvalue weighted by molar-refractivity contribution is 7.66. The van der Waals surface area contributed by atoms with E-state index in [1.807, 2.05) is 4.98 Å². The molecule has 0 aromatic rings. The summed E-state index contributed by atoms with van der Waals surface area (Å²) < 4.78 is 89.0. The van der Waals surface area contributed by atoms with Gasteiger partial charge in [0, 0.05) is 5.56 Å². The second kappa shape index (κ2) is 9.96. The van der Waals surface area contributed by atoms with E-state index in [0.717, 1.165) is 12.1 Å². The van der Waals surface area contributed by atoms with Crippen LogP contribution in [0.1, 0.15) is 17.4 Å². The third-order valence-electron chi connectivity index (χ3n) is 4.52. The third kappa shape index (κ3) is 7.05. The molecule has 3 rings (SSSR count). The molecule has 3 aliphatic rings. The number of phosphoric acid groups is 3. The van der Waals surface area contributed by atoms with E-state index in [0.29, 0.717) is 6.07 Å². The summed E-state index contributed by atoms with van der Waals surface area (Å²) in [6.45, 7) is -1.13. The molecule has 1 fully saturated rings. The number of aromatic amines is 1. The highest BCUT2D eigenvalue weighted by atomic mass is 31.3. The Morgan fingerprint density at radius 1 is 1.03 bits per heavy atom. The van der Waals surface area contributed by atoms with Crippen molar-refractivity contribution in [2.45, 2.75) is 30.6 Å². The van der Waals surface area contributed by atoms with Gasteiger partial charge >= 0.3 is 29.6 Å². The van der Waals surface area contributed by atoms with Crippen molar-refractivity contribution in [1.82, 2.24) is 9.97 Å². The Hall–Kier alpha value is -1.56. The second-order valence-corrected chi connectivity index (χ2v) is 11.6. The van der Waals surface area contributed by atoms with E-state index < -0.39 is 83.3 Å². The summed E-state index contributed by atoms with van der Waals surface area (Å²) in [6, 6.07) is 2.69. The first kappa shape index (κ1) is 29.0. The zero-order valence-electron chi connectivity index (χ0n) is 17.1. The molecule has 0 aromatic carbocycles. The molecule has 3 aliphatic heterocycles. The van der Waals surface area contributed by atoms with Crippen molar-refractivity contribution in [1.29, 1.82) is 0 Å². The molecule has 0 spiro atoms. The number of nitrogens with one attached hydrogen (secondary N) is 1. The Morgan fingerprint density at radius 3 is 2.25 bits per heavy atom. The lowest BCUT2D eigenvalue weighted by Gasteiger charge is -2.19. The van der Waals surface area contributed by atoms with Gasteiger partial charge in [-0.15, -0.1) is 0 Å². The zero-order valence-corrected chi connectivity index (χ0v) is 19.8. The van der Waals surface area contributed by atoms with Crippen LogP contribution in [0.3, 0.4) is 0 Å². The molecule has 0 saturated carbocycles. The molecule has 0 amide bonds. The lowest BCUT2D eigenvalue weighted by atomic mass is 10.0. The molecule has 1 saturated heterocycles. The maximum Gasteiger partial charge on any atom is 0.490 e. The van der Waals surface area contributed by atoms with Gasteiger partial charge in [0.15, 0.2) is 0 Å². The quantitative estimate of drug-likeness (QED) is 0.207. The van der Waals surface area contributed by atoms with Crippen molar-refractivity contribution >= 4 is 23.5 Å². The van der Waals surface area contributed by atoms with Gasteiger partial charge in [-0.3, -0.25) is 9.32 Å². The number of aromatic nitrogens is 2. The number of rotatable bonds is 8. The maximum absolute atomic E-state index is 12.9. The van der Waals surface area contributed by atoms with E-state index in [1.165, 1.54) is 0 Å². The van der Waals surface area contributed by atoms with Crippen LogP contribution in [0.25, 0.3) is 11.4 Å². The Morgan fingerprint density at radius 2 is 1.67 bits per heavy atom. The van der Waals surface area contributed by atoms with E-state index in [-0.39, 0.29) is 5.56 Å². The van der Waals surface area contributed by atoms with Crippen LogP contribution in [-0.4, -0.2) is 64.7 Å². The first-order valence-corrected chi connectivity index (χ1v) is 13.7. The number of phosphoric ester groups is 1. The van der Waals surface area contributed by atoms with E-state index in [2.05, 4.69) is 18.1 Å². The topological polar surface area (TPSA) is 255 Å². The fourth-order valence-corrected chi connectivity index (χ4v) is 6.11. The predicted octanol–water partition coefficient (Wildman–Crippen LogP) is 0.398. The van der Waals surface area contributed by atoms with Gasteiger partial charge in [0.1, 0.15) is 35.9 Å². The van der Waals surface area contributed by atoms with Gasteiger partial charge in [0.05, 0.1) is 12.2 Å². The Balaban J connectivity index is 1.76. The molecular formula is C14H16F3N2O14P3. The number of nitrogens with zero attached hydrogens (tertiary/aromatic N) is 1. The van der Waals surface area contributed by atoms with Crippen LogP contribution in [0.2, 0.25) is 0 Å². The molecule has 22 heteroatoms. The molecular weight excluding hydrogens is 570 g/mol. The minimum Gasteiger partial charge on any atom is -0.387 e. The summed E-state index contributed by atoms with van der Waals surface area (Å²) in [5, 5.41) is 20.4. The van der Waals surface area contributed by atoms with Crippen LogP contribution < -0.4 is 5.56 Å². The van der Waals surface area contributed by atoms with Crippen molar-refractivity contribution in [3.8, 4) is 11.4 Å². The van der Waals surface area contributed by atoms with Crippen molar-refractivity contribution in [2.24, 2.45) is 0 Å². The largest absolute Gasteiger partial charge is 0.490 e. The van der Waals surface area contributed by atoms with Gasteiger partial charge < -0.3 is 39.5 Å². The Labute approximate surface area is 197 Å². The monoisotopic (exact) mass is 586 g/mol. The van der Waals surface area contributed by atoms with E-state index in [1.54, 1.807) is 0 Å². The summed E-state index contributed by atoms with van der Waals surface area (Å²) in [6.07, 6.45) is -11.8. The highest BCUT2D eigenvalue weighted by Crippen LogP contribution is 2.66. The first-order valence-electron chi connectivity index (χ1n) is 9.19. The standard InChI is InChI=1S/C14H16F3N2O14P3/c15-14(16,17)8-2-1-5-3-6(13(22)19-12(5)18-8)11-10(21)9(20)7(31-11)4-30-35(26,27)33-36(28,29)32-34(23,24)25/h1-3,7,9-11,20-21H,4H2,(H,26,27)(H,28,29)(H,18,19,22)(H2,23,24,25)/t7-,9+,10?,11+/m1/s1. The van der Waals surface area contributed by atoms with Crippen molar-refractivity contribution < 1.29 is 74.5 Å². The molecule has 0 aliphatic carbocycles. The summed E-state index contributed by atoms with van der Waals surface area (Å²) in [7, 11) is -17.0. The van der Waals surface area contributed by atoms with Crippen LogP contribution in [0.5, 0.6) is 0 Å². The van der Waals surface area contributed by atoms with Gasteiger partial charge in [-0.1, -0.05) is 0 Å². The van der Waals surface area contributed by atoms with Gasteiger partial charge in [0.2, 0.25) is 0 Å². The van der Waals surface area contributed by atoms with Gasteiger partial charge in [-0.2, -0.15) is 26.8 Å². The van der Waals surface area contributed by atoms with E-state index in [4.69, 9.17) is 19.4 Å². The zero-order chi connectivity index (χ0) is 27.3. The van der Waals surface area contributed by atoms with Crippen molar-refractivity contribution in [2.75, 3.05) is 6.61 Å². The second-order valence-electron chi connectivity index (χ2n) is 7.15. The number of alkyl halides is 3. The summed E-state index contributed by atoms with van der Waals surface area (Å²) >= 11 is 0. The van der Waals surface area contributed by atoms with Crippen molar-refractivity contribution in [3.63, 3.8) is 0 Å². The molecule has 202 valence electrons. The smallest absolute Gasteiger partial charge is 0.387 e. The number of aliphatic hydroxyl groups excluding tert-OH is 2. The highest BCUT2D eigenvalue weighted by Gasteiger charge is 2.47. The summed E-state index contributed by atoms with van der Waals surface area (Å²) in [5.74, 6) is -0.434. The van der Waals surface area contributed by atoms with Crippen molar-refractivity contribution in [3.05, 3.63) is 39.8 Å². The van der Waals surface area contributed by atoms with E-state index >= 15 is 0 Å². The number of aliphatic hydroxyl groups is 2. The van der Waals surface area contributed by atoms with Gasteiger partial charge in [-0.05, 0) is 18.2 Å². The van der Waals surface area contributed by atoms with Crippen LogP contribution in [0, 0.1) is 0 Å². The molecule has 0 aromatic heterocycles. The molecule has 36 heavy (non-hydrogen) atoms. The first-order chi connectivity index (χ1) is 16.3. The molecule has 0 radical (unpaired) electrons. The summed E-state index contributed by atoms with van der Waals surface area (Å²) in [5.41, 5.74) is -2.72. The third-order valence-corrected chi connectivity index (χ3v) is 8.32. The average Bonchev–Trinajstić information content (AvgIpc) is 2.96. The van der Waals surface area contributed by atoms with Gasteiger partial charge in [0.25, 0.3) is 5.56 Å². The van der Waals surface area contributed by atoms with Crippen LogP contribution in [-0.2, 0) is 37.8 Å². The number of H-pyrrole nitrogens is 1. The van der Waals surface area contributed by atoms with Crippen LogP contribution in [0.15, 0.2) is 23.0 Å². The average molecular weight is 586 g/mol. The van der Waals surface area contributed by atoms with E-state index in [9.17, 15) is 46.8 Å². The normalized spacial score (nSPS) is 26.6. The lowest BCUT2D eigenvalue weighted by molar-refractivity contribution is -0.141. The molecule has 3 heterocycles. The maximum atomic E-state index is 12.9. The minimum absolute atomic E-state index is 0.000367.